The summed E-state index contributed by atoms with van der Waals surface area (Å²) in [6.07, 6.45) is 3.01. The molecule has 4 unspecified atom stereocenters. The van der Waals surface area contributed by atoms with E-state index in [1.807, 2.05) is 0 Å². The molecular formula is C19H26F2IN3O2. The van der Waals surface area contributed by atoms with Crippen molar-refractivity contribution in [3.8, 4) is 0 Å². The highest BCUT2D eigenvalue weighted by Crippen LogP contribution is 2.43. The molecule has 5 nitrogen and oxygen atoms in total. The molecule has 2 saturated heterocycles. The number of guanidine groups is 1. The first-order valence-corrected chi connectivity index (χ1v) is 9.32. The van der Waals surface area contributed by atoms with E-state index in [1.54, 1.807) is 7.05 Å². The van der Waals surface area contributed by atoms with Gasteiger partial charge in [0.15, 0.2) is 5.96 Å². The van der Waals surface area contributed by atoms with Crippen molar-refractivity contribution in [1.29, 1.82) is 0 Å². The van der Waals surface area contributed by atoms with Crippen molar-refractivity contribution in [3.63, 3.8) is 0 Å². The smallest absolute Gasteiger partial charge is 0.194 e. The Kier molecular flexibility index (Phi) is 6.91. The molecule has 8 heteroatoms. The minimum atomic E-state index is -0.473. The fourth-order valence-electron chi connectivity index (χ4n) is 3.99. The zero-order chi connectivity index (χ0) is 18.1. The molecule has 4 rings (SSSR count). The number of nitrogens with zero attached hydrogens (tertiary/aromatic N) is 2. The van der Waals surface area contributed by atoms with Gasteiger partial charge in [0.05, 0.1) is 12.7 Å². The Bertz CT molecular complexity index is 665. The average Bonchev–Trinajstić information content (AvgIpc) is 3.17. The number of aliphatic imine (C=N–C) groups is 1. The molecule has 0 spiro atoms. The monoisotopic (exact) mass is 493 g/mol. The second-order valence-corrected chi connectivity index (χ2v) is 7.18. The average molecular weight is 493 g/mol. The van der Waals surface area contributed by atoms with Crippen molar-refractivity contribution in [3.05, 3.63) is 35.4 Å². The van der Waals surface area contributed by atoms with Crippen molar-refractivity contribution < 1.29 is 18.3 Å². The van der Waals surface area contributed by atoms with Crippen LogP contribution < -0.4 is 5.32 Å². The fourth-order valence-corrected chi connectivity index (χ4v) is 3.99. The van der Waals surface area contributed by atoms with Gasteiger partial charge in [-0.25, -0.2) is 8.78 Å². The Balaban J connectivity index is 0.00000210. The maximum Gasteiger partial charge on any atom is 0.194 e. The van der Waals surface area contributed by atoms with Crippen LogP contribution >= 0.6 is 24.0 Å². The Hall–Kier alpha value is -1.00. The number of hydrogen-bond acceptors (Lipinski definition) is 3. The van der Waals surface area contributed by atoms with Gasteiger partial charge in [-0.15, -0.1) is 24.0 Å². The molecule has 1 N–H and O–H groups in total. The largest absolute Gasteiger partial charge is 0.375 e. The van der Waals surface area contributed by atoms with E-state index < -0.39 is 11.6 Å². The molecule has 27 heavy (non-hydrogen) atoms. The number of ether oxygens (including phenoxy) is 2. The molecule has 4 atom stereocenters. The zero-order valence-electron chi connectivity index (χ0n) is 15.4. The third-order valence-electron chi connectivity index (χ3n) is 5.46. The van der Waals surface area contributed by atoms with Crippen LogP contribution in [0.2, 0.25) is 0 Å². The lowest BCUT2D eigenvalue weighted by molar-refractivity contribution is -0.0817. The number of rotatable bonds is 3. The van der Waals surface area contributed by atoms with Gasteiger partial charge < -0.3 is 19.7 Å². The van der Waals surface area contributed by atoms with Gasteiger partial charge >= 0.3 is 0 Å². The second-order valence-electron chi connectivity index (χ2n) is 7.18. The standard InChI is InChI=1S/C19H25F2N3O2.HI/c1-22-19(24-7-9-26-17(11-24)16-6-3-8-25-16)23-15-10-12(15)18-13(20)4-2-5-14(18)21;/h2,4-5,12,15-17H,3,6-11H2,1H3,(H,22,23);1H. The quantitative estimate of drug-likeness (QED) is 0.400. The van der Waals surface area contributed by atoms with Gasteiger partial charge in [-0.05, 0) is 31.4 Å². The molecule has 2 heterocycles. The zero-order valence-corrected chi connectivity index (χ0v) is 17.7. The van der Waals surface area contributed by atoms with E-state index in [4.69, 9.17) is 9.47 Å². The lowest BCUT2D eigenvalue weighted by Gasteiger charge is -2.37. The van der Waals surface area contributed by atoms with E-state index in [0.29, 0.717) is 13.0 Å². The molecule has 2 aliphatic heterocycles. The summed E-state index contributed by atoms with van der Waals surface area (Å²) in [5.41, 5.74) is 0.180. The van der Waals surface area contributed by atoms with Gasteiger partial charge in [0.2, 0.25) is 0 Å². The molecular weight excluding hydrogens is 467 g/mol. The van der Waals surface area contributed by atoms with E-state index in [0.717, 1.165) is 38.5 Å². The van der Waals surface area contributed by atoms with Gasteiger partial charge in [0.1, 0.15) is 17.7 Å². The minimum Gasteiger partial charge on any atom is -0.375 e. The summed E-state index contributed by atoms with van der Waals surface area (Å²) in [4.78, 5) is 6.53. The maximum atomic E-state index is 14.0. The van der Waals surface area contributed by atoms with Gasteiger partial charge in [0, 0.05) is 44.3 Å². The lowest BCUT2D eigenvalue weighted by Crippen LogP contribution is -2.53. The molecule has 0 amide bonds. The number of halogens is 3. The summed E-state index contributed by atoms with van der Waals surface area (Å²) in [5.74, 6) is -0.332. The Labute approximate surface area is 175 Å². The highest BCUT2D eigenvalue weighted by Gasteiger charge is 2.43. The van der Waals surface area contributed by atoms with E-state index in [1.165, 1.54) is 18.2 Å². The predicted octanol–water partition coefficient (Wildman–Crippen LogP) is 2.89. The van der Waals surface area contributed by atoms with Crippen LogP contribution in [0.15, 0.2) is 23.2 Å². The SMILES string of the molecule is CN=C(NC1CC1c1c(F)cccc1F)N1CCOC(C2CCCO2)C1.I. The lowest BCUT2D eigenvalue weighted by atomic mass is 10.1. The molecule has 1 saturated carbocycles. The van der Waals surface area contributed by atoms with Gasteiger partial charge in [-0.2, -0.15) is 0 Å². The molecule has 0 aromatic heterocycles. The highest BCUT2D eigenvalue weighted by atomic mass is 127. The Morgan fingerprint density at radius 3 is 2.59 bits per heavy atom. The fraction of sp³-hybridized carbons (Fsp3) is 0.632. The summed E-state index contributed by atoms with van der Waals surface area (Å²) < 4.78 is 39.6. The third-order valence-corrected chi connectivity index (χ3v) is 5.46. The van der Waals surface area contributed by atoms with E-state index >= 15 is 0 Å². The molecule has 1 aliphatic carbocycles. The van der Waals surface area contributed by atoms with Crippen molar-refractivity contribution in [2.24, 2.45) is 4.99 Å². The van der Waals surface area contributed by atoms with Crippen molar-refractivity contribution in [2.45, 2.75) is 43.4 Å². The van der Waals surface area contributed by atoms with Crippen LogP contribution in [-0.4, -0.2) is 62.5 Å². The van der Waals surface area contributed by atoms with Crippen LogP contribution in [0.25, 0.3) is 0 Å². The summed E-state index contributed by atoms with van der Waals surface area (Å²) in [6, 6.07) is 4.04. The normalized spacial score (nSPS) is 30.8. The van der Waals surface area contributed by atoms with E-state index in [2.05, 4.69) is 15.2 Å². The topological polar surface area (TPSA) is 46.1 Å². The molecule has 0 bridgehead atoms. The van der Waals surface area contributed by atoms with Crippen molar-refractivity contribution in [2.75, 3.05) is 33.4 Å². The van der Waals surface area contributed by atoms with Gasteiger partial charge in [0.25, 0.3) is 0 Å². The Morgan fingerprint density at radius 2 is 1.93 bits per heavy atom. The van der Waals surface area contributed by atoms with Crippen molar-refractivity contribution in [1.82, 2.24) is 10.2 Å². The summed E-state index contributed by atoms with van der Waals surface area (Å²) in [7, 11) is 1.74. The maximum absolute atomic E-state index is 14.0. The second kappa shape index (κ2) is 9.00. The van der Waals surface area contributed by atoms with Crippen LogP contribution in [0.1, 0.15) is 30.7 Å². The van der Waals surface area contributed by atoms with Crippen LogP contribution in [0.5, 0.6) is 0 Å². The number of morpholine rings is 1. The molecule has 150 valence electrons. The van der Waals surface area contributed by atoms with Gasteiger partial charge in [-0.3, -0.25) is 4.99 Å². The predicted molar refractivity (Wildman–Crippen MR) is 110 cm³/mol. The molecule has 1 aromatic rings. The van der Waals surface area contributed by atoms with Crippen LogP contribution in [0.3, 0.4) is 0 Å². The van der Waals surface area contributed by atoms with Crippen LogP contribution in [-0.2, 0) is 9.47 Å². The first kappa shape index (κ1) is 20.7. The molecule has 3 aliphatic rings. The summed E-state index contributed by atoms with van der Waals surface area (Å²) >= 11 is 0. The first-order chi connectivity index (χ1) is 12.7. The number of benzene rings is 1. The highest BCUT2D eigenvalue weighted by molar-refractivity contribution is 14.0. The molecule has 1 aromatic carbocycles. The number of nitrogens with one attached hydrogen (secondary N) is 1. The number of hydrogen-bond donors (Lipinski definition) is 1. The third kappa shape index (κ3) is 4.54. The van der Waals surface area contributed by atoms with Crippen LogP contribution in [0, 0.1) is 11.6 Å². The van der Waals surface area contributed by atoms with Gasteiger partial charge in [-0.1, -0.05) is 6.07 Å². The van der Waals surface area contributed by atoms with E-state index in [-0.39, 0.29) is 53.7 Å². The van der Waals surface area contributed by atoms with Crippen LogP contribution in [0.4, 0.5) is 8.78 Å². The Morgan fingerprint density at radius 1 is 1.19 bits per heavy atom. The molecule has 0 radical (unpaired) electrons. The summed E-state index contributed by atoms with van der Waals surface area (Å²) in [6.45, 7) is 2.89. The minimum absolute atomic E-state index is 0. The molecule has 3 fully saturated rings. The first-order valence-electron chi connectivity index (χ1n) is 9.32. The summed E-state index contributed by atoms with van der Waals surface area (Å²) in [5, 5.41) is 3.37. The van der Waals surface area contributed by atoms with E-state index in [9.17, 15) is 8.78 Å². The van der Waals surface area contributed by atoms with Crippen molar-refractivity contribution >= 4 is 29.9 Å².